The van der Waals surface area contributed by atoms with E-state index in [9.17, 15) is 4.79 Å². The van der Waals surface area contributed by atoms with Gasteiger partial charge in [-0.1, -0.05) is 0 Å². The fourth-order valence-electron chi connectivity index (χ4n) is 0.232. The Bertz CT molecular complexity index is 92.2. The largest absolute Gasteiger partial charge is 0.437 e. The summed E-state index contributed by atoms with van der Waals surface area (Å²) in [6, 6.07) is 0. The molecule has 0 fully saturated rings. The van der Waals surface area contributed by atoms with Crippen LogP contribution in [0.15, 0.2) is 0 Å². The molecule has 0 aliphatic carbocycles. The standard InChI is InChI=1S/C5H9ClO3/c1-4(6)5(7)9-3-8-2/h4H,3H2,1-2H3/t4-/m1/s1. The number of halogens is 1. The second-order valence-corrected chi connectivity index (χ2v) is 2.14. The minimum absolute atomic E-state index is 0.0319. The zero-order chi connectivity index (χ0) is 7.28. The van der Waals surface area contributed by atoms with E-state index in [2.05, 4.69) is 9.47 Å². The summed E-state index contributed by atoms with van der Waals surface area (Å²) < 4.78 is 8.92. The number of alkyl halides is 1. The molecule has 4 heteroatoms. The smallest absolute Gasteiger partial charge is 0.325 e. The Morgan fingerprint density at radius 1 is 1.78 bits per heavy atom. The molecule has 1 atom stereocenters. The monoisotopic (exact) mass is 152 g/mol. The topological polar surface area (TPSA) is 35.5 Å². The first kappa shape index (κ1) is 8.72. The molecule has 9 heavy (non-hydrogen) atoms. The van der Waals surface area contributed by atoms with Crippen molar-refractivity contribution >= 4 is 17.6 Å². The van der Waals surface area contributed by atoms with Crippen molar-refractivity contribution in [3.63, 3.8) is 0 Å². The summed E-state index contributed by atoms with van der Waals surface area (Å²) in [5.74, 6) is -0.460. The Balaban J connectivity index is 3.28. The number of carbonyl (C=O) groups excluding carboxylic acids is 1. The molecule has 3 nitrogen and oxygen atoms in total. The van der Waals surface area contributed by atoms with Gasteiger partial charge in [0.1, 0.15) is 5.38 Å². The molecule has 0 saturated carbocycles. The molecule has 0 heterocycles. The predicted molar refractivity (Wildman–Crippen MR) is 33.3 cm³/mol. The maximum Gasteiger partial charge on any atom is 0.325 e. The van der Waals surface area contributed by atoms with E-state index in [4.69, 9.17) is 11.6 Å². The molecule has 0 aliphatic heterocycles. The van der Waals surface area contributed by atoms with Crippen molar-refractivity contribution in [1.82, 2.24) is 0 Å². The van der Waals surface area contributed by atoms with Gasteiger partial charge in [0.25, 0.3) is 0 Å². The molecule has 0 aromatic rings. The van der Waals surface area contributed by atoms with Crippen molar-refractivity contribution in [2.75, 3.05) is 13.9 Å². The summed E-state index contributed by atoms with van der Waals surface area (Å²) >= 11 is 5.33. The van der Waals surface area contributed by atoms with Crippen molar-refractivity contribution in [2.45, 2.75) is 12.3 Å². The molecular weight excluding hydrogens is 144 g/mol. The average Bonchev–Trinajstić information content (AvgIpc) is 1.82. The minimum atomic E-state index is -0.597. The van der Waals surface area contributed by atoms with Crippen LogP contribution in [0.2, 0.25) is 0 Å². The second kappa shape index (κ2) is 4.58. The van der Waals surface area contributed by atoms with Gasteiger partial charge >= 0.3 is 5.97 Å². The molecule has 0 aliphatic rings. The zero-order valence-corrected chi connectivity index (χ0v) is 6.14. The Hall–Kier alpha value is -0.280. The molecule has 0 aromatic carbocycles. The van der Waals surface area contributed by atoms with Gasteiger partial charge in [-0.2, -0.15) is 0 Å². The summed E-state index contributed by atoms with van der Waals surface area (Å²) in [7, 11) is 1.44. The Kier molecular flexibility index (Phi) is 4.44. The van der Waals surface area contributed by atoms with Crippen molar-refractivity contribution in [1.29, 1.82) is 0 Å². The molecule has 0 radical (unpaired) electrons. The fourth-order valence-corrected chi connectivity index (χ4v) is 0.295. The van der Waals surface area contributed by atoms with Crippen LogP contribution in [0.3, 0.4) is 0 Å². The fraction of sp³-hybridized carbons (Fsp3) is 0.800. The normalized spacial score (nSPS) is 12.8. The lowest BCUT2D eigenvalue weighted by Crippen LogP contribution is -2.15. The van der Waals surface area contributed by atoms with E-state index in [1.165, 1.54) is 7.11 Å². The summed E-state index contributed by atoms with van der Waals surface area (Å²) in [4.78, 5) is 10.5. The number of methoxy groups -OCH3 is 1. The lowest BCUT2D eigenvalue weighted by Gasteiger charge is -2.02. The van der Waals surface area contributed by atoms with E-state index in [1.807, 2.05) is 0 Å². The third kappa shape index (κ3) is 4.24. The van der Waals surface area contributed by atoms with Crippen molar-refractivity contribution in [3.8, 4) is 0 Å². The summed E-state index contributed by atoms with van der Waals surface area (Å²) in [6.07, 6.45) is 0. The van der Waals surface area contributed by atoms with Gasteiger partial charge in [0.05, 0.1) is 0 Å². The molecule has 0 bridgehead atoms. The van der Waals surface area contributed by atoms with Crippen LogP contribution in [-0.2, 0) is 14.3 Å². The van der Waals surface area contributed by atoms with E-state index in [1.54, 1.807) is 6.92 Å². The highest BCUT2D eigenvalue weighted by molar-refractivity contribution is 6.29. The van der Waals surface area contributed by atoms with Gasteiger partial charge in [0.2, 0.25) is 0 Å². The minimum Gasteiger partial charge on any atom is -0.437 e. The highest BCUT2D eigenvalue weighted by Crippen LogP contribution is 1.95. The number of carbonyl (C=O) groups is 1. The predicted octanol–water partition coefficient (Wildman–Crippen LogP) is 0.761. The molecule has 0 aromatic heterocycles. The number of esters is 1. The van der Waals surface area contributed by atoms with Crippen molar-refractivity contribution < 1.29 is 14.3 Å². The van der Waals surface area contributed by atoms with E-state index >= 15 is 0 Å². The van der Waals surface area contributed by atoms with Gasteiger partial charge in [-0.25, -0.2) is 0 Å². The summed E-state index contributed by atoms with van der Waals surface area (Å²) in [5, 5.41) is -0.597. The van der Waals surface area contributed by atoms with E-state index in [0.29, 0.717) is 0 Å². The Morgan fingerprint density at radius 2 is 2.33 bits per heavy atom. The third-order valence-electron chi connectivity index (χ3n) is 0.644. The molecule has 0 spiro atoms. The van der Waals surface area contributed by atoms with Gasteiger partial charge in [0, 0.05) is 7.11 Å². The first-order chi connectivity index (χ1) is 4.18. The highest BCUT2D eigenvalue weighted by atomic mass is 35.5. The van der Waals surface area contributed by atoms with Crippen LogP contribution in [0.4, 0.5) is 0 Å². The van der Waals surface area contributed by atoms with E-state index < -0.39 is 11.3 Å². The first-order valence-corrected chi connectivity index (χ1v) is 2.91. The van der Waals surface area contributed by atoms with Crippen LogP contribution in [-0.4, -0.2) is 25.2 Å². The summed E-state index contributed by atoms with van der Waals surface area (Å²) in [6.45, 7) is 1.51. The van der Waals surface area contributed by atoms with Gasteiger partial charge in [-0.15, -0.1) is 11.6 Å². The summed E-state index contributed by atoms with van der Waals surface area (Å²) in [5.41, 5.74) is 0. The van der Waals surface area contributed by atoms with Crippen LogP contribution in [0.5, 0.6) is 0 Å². The molecule has 0 rings (SSSR count). The zero-order valence-electron chi connectivity index (χ0n) is 5.39. The molecular formula is C5H9ClO3. The molecule has 0 N–H and O–H groups in total. The van der Waals surface area contributed by atoms with E-state index in [-0.39, 0.29) is 6.79 Å². The lowest BCUT2D eigenvalue weighted by atomic mass is 10.5. The number of rotatable bonds is 3. The lowest BCUT2D eigenvalue weighted by molar-refractivity contribution is -0.153. The highest BCUT2D eigenvalue weighted by Gasteiger charge is 2.08. The van der Waals surface area contributed by atoms with E-state index in [0.717, 1.165) is 0 Å². The van der Waals surface area contributed by atoms with Gasteiger partial charge in [-0.3, -0.25) is 4.79 Å². The van der Waals surface area contributed by atoms with Crippen molar-refractivity contribution in [2.24, 2.45) is 0 Å². The molecule has 0 amide bonds. The van der Waals surface area contributed by atoms with Crippen LogP contribution < -0.4 is 0 Å². The van der Waals surface area contributed by atoms with Gasteiger partial charge in [-0.05, 0) is 6.92 Å². The van der Waals surface area contributed by atoms with Crippen LogP contribution in [0.25, 0.3) is 0 Å². The maximum absolute atomic E-state index is 10.5. The third-order valence-corrected chi connectivity index (χ3v) is 0.822. The van der Waals surface area contributed by atoms with Gasteiger partial charge in [0.15, 0.2) is 6.79 Å². The quantitative estimate of drug-likeness (QED) is 0.340. The van der Waals surface area contributed by atoms with Gasteiger partial charge < -0.3 is 9.47 Å². The second-order valence-electron chi connectivity index (χ2n) is 1.49. The van der Waals surface area contributed by atoms with Crippen LogP contribution in [0.1, 0.15) is 6.92 Å². The first-order valence-electron chi connectivity index (χ1n) is 2.48. The van der Waals surface area contributed by atoms with Crippen molar-refractivity contribution in [3.05, 3.63) is 0 Å². The van der Waals surface area contributed by atoms with Crippen LogP contribution >= 0.6 is 11.6 Å². The number of ether oxygens (including phenoxy) is 2. The SMILES string of the molecule is COCOC(=O)[C@@H](C)Cl. The number of hydrogen-bond donors (Lipinski definition) is 0. The molecule has 0 unspecified atom stereocenters. The van der Waals surface area contributed by atoms with Crippen LogP contribution in [0, 0.1) is 0 Å². The Labute approximate surface area is 58.9 Å². The maximum atomic E-state index is 10.5. The average molecular weight is 153 g/mol. The number of hydrogen-bond acceptors (Lipinski definition) is 3. The molecule has 54 valence electrons. The Morgan fingerprint density at radius 3 is 2.67 bits per heavy atom. The molecule has 0 saturated heterocycles.